The number of carbonyl (C=O) groups excluding carboxylic acids is 1. The first-order valence-corrected chi connectivity index (χ1v) is 5.61. The lowest BCUT2D eigenvalue weighted by Gasteiger charge is -2.03. The number of amides is 1. The molecule has 1 rings (SSSR count). The zero-order valence-electron chi connectivity index (χ0n) is 10.3. The van der Waals surface area contributed by atoms with Gasteiger partial charge in [0.15, 0.2) is 0 Å². The summed E-state index contributed by atoms with van der Waals surface area (Å²) in [4.78, 5) is 15.6. The SMILES string of the molecule is COCCCNC(=O)c1ccc(C#CCO)cn1. The monoisotopic (exact) mass is 248 g/mol. The van der Waals surface area contributed by atoms with Crippen molar-refractivity contribution in [3.8, 4) is 11.8 Å². The van der Waals surface area contributed by atoms with Crippen molar-refractivity contribution in [2.75, 3.05) is 26.9 Å². The van der Waals surface area contributed by atoms with E-state index in [4.69, 9.17) is 9.84 Å². The Morgan fingerprint density at radius 2 is 2.39 bits per heavy atom. The molecule has 1 aromatic heterocycles. The third kappa shape index (κ3) is 4.95. The van der Waals surface area contributed by atoms with Gasteiger partial charge < -0.3 is 15.2 Å². The molecule has 1 amide bonds. The summed E-state index contributed by atoms with van der Waals surface area (Å²) in [6.07, 6.45) is 2.27. The highest BCUT2D eigenvalue weighted by Crippen LogP contribution is 1.98. The van der Waals surface area contributed by atoms with Crippen LogP contribution in [0.25, 0.3) is 0 Å². The Balaban J connectivity index is 2.48. The van der Waals surface area contributed by atoms with Gasteiger partial charge in [-0.2, -0.15) is 0 Å². The van der Waals surface area contributed by atoms with E-state index in [1.165, 1.54) is 6.20 Å². The van der Waals surface area contributed by atoms with Crippen molar-refractivity contribution in [1.29, 1.82) is 0 Å². The number of rotatable bonds is 5. The van der Waals surface area contributed by atoms with Crippen LogP contribution < -0.4 is 5.32 Å². The van der Waals surface area contributed by atoms with Crippen LogP contribution in [0, 0.1) is 11.8 Å². The average molecular weight is 248 g/mol. The van der Waals surface area contributed by atoms with Gasteiger partial charge in [-0.25, -0.2) is 4.98 Å². The summed E-state index contributed by atoms with van der Waals surface area (Å²) in [5.41, 5.74) is 1.02. The van der Waals surface area contributed by atoms with Gasteiger partial charge in [-0.3, -0.25) is 4.79 Å². The molecule has 0 radical (unpaired) electrons. The molecule has 0 aliphatic rings. The second-order valence-electron chi connectivity index (χ2n) is 3.49. The van der Waals surface area contributed by atoms with Crippen molar-refractivity contribution in [2.45, 2.75) is 6.42 Å². The van der Waals surface area contributed by atoms with Gasteiger partial charge in [-0.1, -0.05) is 11.8 Å². The highest BCUT2D eigenvalue weighted by molar-refractivity contribution is 5.92. The maximum absolute atomic E-state index is 11.6. The number of hydrogen-bond acceptors (Lipinski definition) is 4. The summed E-state index contributed by atoms with van der Waals surface area (Å²) in [6.45, 7) is 0.978. The Morgan fingerprint density at radius 1 is 1.56 bits per heavy atom. The Morgan fingerprint density at radius 3 is 3.00 bits per heavy atom. The predicted octanol–water partition coefficient (Wildman–Crippen LogP) is 0.192. The number of aliphatic hydroxyl groups is 1. The Bertz CT molecular complexity index is 432. The molecule has 1 aromatic rings. The van der Waals surface area contributed by atoms with E-state index in [0.717, 1.165) is 6.42 Å². The number of methoxy groups -OCH3 is 1. The lowest BCUT2D eigenvalue weighted by Crippen LogP contribution is -2.26. The minimum Gasteiger partial charge on any atom is -0.385 e. The van der Waals surface area contributed by atoms with Crippen LogP contribution in [0.5, 0.6) is 0 Å². The molecule has 0 aromatic carbocycles. The number of nitrogens with one attached hydrogen (secondary N) is 1. The molecular weight excluding hydrogens is 232 g/mol. The number of nitrogens with zero attached hydrogens (tertiary/aromatic N) is 1. The van der Waals surface area contributed by atoms with Crippen LogP contribution >= 0.6 is 0 Å². The molecule has 2 N–H and O–H groups in total. The zero-order chi connectivity index (χ0) is 13.2. The maximum Gasteiger partial charge on any atom is 0.269 e. The van der Waals surface area contributed by atoms with Crippen LogP contribution in [-0.2, 0) is 4.74 Å². The first kappa shape index (κ1) is 14.2. The summed E-state index contributed by atoms with van der Waals surface area (Å²) >= 11 is 0. The number of pyridine rings is 1. The van der Waals surface area contributed by atoms with E-state index in [9.17, 15) is 4.79 Å². The summed E-state index contributed by atoms with van der Waals surface area (Å²) in [5, 5.41) is 11.3. The fraction of sp³-hybridized carbons (Fsp3) is 0.385. The Kier molecular flexibility index (Phi) is 6.47. The molecule has 18 heavy (non-hydrogen) atoms. The summed E-state index contributed by atoms with van der Waals surface area (Å²) < 4.78 is 4.88. The van der Waals surface area contributed by atoms with Crippen molar-refractivity contribution in [1.82, 2.24) is 10.3 Å². The van der Waals surface area contributed by atoms with E-state index in [2.05, 4.69) is 22.1 Å². The van der Waals surface area contributed by atoms with Crippen LogP contribution in [0.2, 0.25) is 0 Å². The molecule has 1 heterocycles. The van der Waals surface area contributed by atoms with Gasteiger partial charge in [0.2, 0.25) is 0 Å². The second-order valence-corrected chi connectivity index (χ2v) is 3.49. The second kappa shape index (κ2) is 8.23. The number of aromatic nitrogens is 1. The van der Waals surface area contributed by atoms with E-state index in [-0.39, 0.29) is 12.5 Å². The fourth-order valence-corrected chi connectivity index (χ4v) is 1.25. The van der Waals surface area contributed by atoms with Crippen LogP contribution in [0.4, 0.5) is 0 Å². The first-order valence-electron chi connectivity index (χ1n) is 5.61. The van der Waals surface area contributed by atoms with Crippen molar-refractivity contribution >= 4 is 5.91 Å². The van der Waals surface area contributed by atoms with Gasteiger partial charge in [-0.15, -0.1) is 0 Å². The molecule has 0 fully saturated rings. The number of carbonyl (C=O) groups is 1. The normalized spacial score (nSPS) is 9.44. The maximum atomic E-state index is 11.6. The first-order chi connectivity index (χ1) is 8.77. The predicted molar refractivity (Wildman–Crippen MR) is 67.0 cm³/mol. The van der Waals surface area contributed by atoms with Gasteiger partial charge >= 0.3 is 0 Å². The van der Waals surface area contributed by atoms with Crippen molar-refractivity contribution < 1.29 is 14.6 Å². The standard InChI is InChI=1S/C13H16N2O3/c1-18-9-3-7-14-13(17)12-6-5-11(10-15-12)4-2-8-16/h5-6,10,16H,3,7-9H2,1H3,(H,14,17). The van der Waals surface area contributed by atoms with E-state index in [1.54, 1.807) is 19.2 Å². The highest BCUT2D eigenvalue weighted by Gasteiger charge is 2.05. The summed E-state index contributed by atoms with van der Waals surface area (Å²) in [5.74, 6) is 5.01. The van der Waals surface area contributed by atoms with Gasteiger partial charge in [-0.05, 0) is 18.6 Å². The third-order valence-electron chi connectivity index (χ3n) is 2.12. The lowest BCUT2D eigenvalue weighted by atomic mass is 10.2. The third-order valence-corrected chi connectivity index (χ3v) is 2.12. The van der Waals surface area contributed by atoms with E-state index in [0.29, 0.717) is 24.4 Å². The van der Waals surface area contributed by atoms with E-state index < -0.39 is 0 Å². The molecule has 0 aliphatic carbocycles. The van der Waals surface area contributed by atoms with Crippen LogP contribution in [-0.4, -0.2) is 42.9 Å². The van der Waals surface area contributed by atoms with Gasteiger partial charge in [0.25, 0.3) is 5.91 Å². The van der Waals surface area contributed by atoms with E-state index >= 15 is 0 Å². The van der Waals surface area contributed by atoms with Crippen molar-refractivity contribution in [3.05, 3.63) is 29.6 Å². The van der Waals surface area contributed by atoms with Crippen molar-refractivity contribution in [2.24, 2.45) is 0 Å². The summed E-state index contributed by atoms with van der Waals surface area (Å²) in [7, 11) is 1.62. The number of ether oxygens (including phenoxy) is 1. The zero-order valence-corrected chi connectivity index (χ0v) is 10.3. The molecule has 0 saturated heterocycles. The molecule has 96 valence electrons. The molecular formula is C13H16N2O3. The minimum atomic E-state index is -0.215. The van der Waals surface area contributed by atoms with Gasteiger partial charge in [0.05, 0.1) is 0 Å². The molecule has 0 aliphatic heterocycles. The van der Waals surface area contributed by atoms with Crippen molar-refractivity contribution in [3.63, 3.8) is 0 Å². The number of aliphatic hydroxyl groups excluding tert-OH is 1. The molecule has 0 saturated carbocycles. The van der Waals surface area contributed by atoms with Crippen LogP contribution in [0.15, 0.2) is 18.3 Å². The smallest absolute Gasteiger partial charge is 0.269 e. The molecule has 5 nitrogen and oxygen atoms in total. The molecule has 0 spiro atoms. The largest absolute Gasteiger partial charge is 0.385 e. The quantitative estimate of drug-likeness (QED) is 0.576. The van der Waals surface area contributed by atoms with E-state index in [1.807, 2.05) is 0 Å². The highest BCUT2D eigenvalue weighted by atomic mass is 16.5. The molecule has 0 bridgehead atoms. The Hall–Kier alpha value is -1.90. The average Bonchev–Trinajstić information content (AvgIpc) is 2.41. The van der Waals surface area contributed by atoms with Gasteiger partial charge in [0, 0.05) is 32.0 Å². The van der Waals surface area contributed by atoms with Crippen LogP contribution in [0.3, 0.4) is 0 Å². The topological polar surface area (TPSA) is 71.5 Å². The van der Waals surface area contributed by atoms with Gasteiger partial charge in [0.1, 0.15) is 12.3 Å². The fourth-order valence-electron chi connectivity index (χ4n) is 1.25. The molecule has 5 heteroatoms. The molecule has 0 atom stereocenters. The number of hydrogen-bond donors (Lipinski definition) is 2. The van der Waals surface area contributed by atoms with Crippen LogP contribution in [0.1, 0.15) is 22.5 Å². The Labute approximate surface area is 106 Å². The lowest BCUT2D eigenvalue weighted by molar-refractivity contribution is 0.0943. The minimum absolute atomic E-state index is 0.193. The molecule has 0 unspecified atom stereocenters. The summed E-state index contributed by atoms with van der Waals surface area (Å²) in [6, 6.07) is 3.30.